The summed E-state index contributed by atoms with van der Waals surface area (Å²) in [5.41, 5.74) is 0. The molecule has 0 saturated heterocycles. The maximum Gasteiger partial charge on any atom is 0.181 e. The Bertz CT molecular complexity index is 442. The number of sulfone groups is 1. The molecule has 0 saturated carbocycles. The van der Waals surface area contributed by atoms with Crippen molar-refractivity contribution in [2.24, 2.45) is 0 Å². The molecule has 0 atom stereocenters. The molecule has 1 rings (SSSR count). The molecule has 0 aliphatic heterocycles. The van der Waals surface area contributed by atoms with Crippen LogP contribution in [0.25, 0.3) is 0 Å². The average molecular weight is 270 g/mol. The van der Waals surface area contributed by atoms with Gasteiger partial charge in [-0.1, -0.05) is 26.7 Å². The molecule has 0 bridgehead atoms. The highest BCUT2D eigenvalue weighted by atomic mass is 32.2. The van der Waals surface area contributed by atoms with Crippen molar-refractivity contribution in [3.8, 4) is 5.75 Å². The SMILES string of the molecule is CCCC(CCC)S(=O)(=O)c1ccc(OC)cc1. The van der Waals surface area contributed by atoms with Gasteiger partial charge in [-0.2, -0.15) is 0 Å². The topological polar surface area (TPSA) is 43.4 Å². The fourth-order valence-corrected chi connectivity index (χ4v) is 4.05. The van der Waals surface area contributed by atoms with Crippen molar-refractivity contribution in [3.63, 3.8) is 0 Å². The van der Waals surface area contributed by atoms with E-state index in [1.165, 1.54) is 0 Å². The lowest BCUT2D eigenvalue weighted by Gasteiger charge is -2.16. The zero-order chi connectivity index (χ0) is 13.6. The van der Waals surface area contributed by atoms with E-state index in [2.05, 4.69) is 0 Å². The van der Waals surface area contributed by atoms with E-state index in [4.69, 9.17) is 4.74 Å². The normalized spacial score (nSPS) is 11.8. The van der Waals surface area contributed by atoms with E-state index < -0.39 is 9.84 Å². The van der Waals surface area contributed by atoms with Gasteiger partial charge in [-0.3, -0.25) is 0 Å². The van der Waals surface area contributed by atoms with Gasteiger partial charge in [0.1, 0.15) is 5.75 Å². The number of hydrogen-bond donors (Lipinski definition) is 0. The molecule has 0 N–H and O–H groups in total. The predicted molar refractivity (Wildman–Crippen MR) is 73.8 cm³/mol. The summed E-state index contributed by atoms with van der Waals surface area (Å²) in [4.78, 5) is 0.398. The first-order chi connectivity index (χ1) is 8.56. The maximum absolute atomic E-state index is 12.5. The van der Waals surface area contributed by atoms with Crippen LogP contribution < -0.4 is 4.74 Å². The molecule has 1 aromatic rings. The Morgan fingerprint density at radius 2 is 1.56 bits per heavy atom. The van der Waals surface area contributed by atoms with Crippen LogP contribution in [0, 0.1) is 0 Å². The second-order valence-electron chi connectivity index (χ2n) is 4.42. The summed E-state index contributed by atoms with van der Waals surface area (Å²) in [6, 6.07) is 6.66. The predicted octanol–water partition coefficient (Wildman–Crippen LogP) is 3.44. The fraction of sp³-hybridized carbons (Fsp3) is 0.571. The van der Waals surface area contributed by atoms with Crippen LogP contribution in [0.2, 0.25) is 0 Å². The Balaban J connectivity index is 3.01. The summed E-state index contributed by atoms with van der Waals surface area (Å²) in [5.74, 6) is 0.677. The minimum absolute atomic E-state index is 0.263. The molecule has 0 aliphatic carbocycles. The van der Waals surface area contributed by atoms with Gasteiger partial charge in [-0.15, -0.1) is 0 Å². The van der Waals surface area contributed by atoms with Gasteiger partial charge < -0.3 is 4.74 Å². The fourth-order valence-electron chi connectivity index (χ4n) is 2.06. The van der Waals surface area contributed by atoms with Gasteiger partial charge in [0.15, 0.2) is 9.84 Å². The summed E-state index contributed by atoms with van der Waals surface area (Å²) in [7, 11) is -1.64. The van der Waals surface area contributed by atoms with E-state index in [9.17, 15) is 8.42 Å². The van der Waals surface area contributed by atoms with Crippen molar-refractivity contribution in [1.82, 2.24) is 0 Å². The Morgan fingerprint density at radius 3 is 1.94 bits per heavy atom. The van der Waals surface area contributed by atoms with Crippen LogP contribution in [-0.2, 0) is 9.84 Å². The van der Waals surface area contributed by atoms with E-state index in [-0.39, 0.29) is 5.25 Å². The molecule has 0 amide bonds. The minimum atomic E-state index is -3.21. The third-order valence-corrected chi connectivity index (χ3v) is 5.33. The molecule has 3 nitrogen and oxygen atoms in total. The summed E-state index contributed by atoms with van der Waals surface area (Å²) in [6.07, 6.45) is 3.23. The van der Waals surface area contributed by atoms with Crippen molar-refractivity contribution in [2.45, 2.75) is 49.7 Å². The van der Waals surface area contributed by atoms with Gasteiger partial charge in [-0.05, 0) is 37.1 Å². The Morgan fingerprint density at radius 1 is 1.06 bits per heavy atom. The van der Waals surface area contributed by atoms with Crippen LogP contribution in [0.5, 0.6) is 5.75 Å². The highest BCUT2D eigenvalue weighted by Crippen LogP contribution is 2.24. The van der Waals surface area contributed by atoms with Crippen LogP contribution in [0.4, 0.5) is 0 Å². The molecule has 0 aliphatic rings. The van der Waals surface area contributed by atoms with Crippen LogP contribution in [-0.4, -0.2) is 20.8 Å². The third kappa shape index (κ3) is 3.48. The van der Waals surface area contributed by atoms with Crippen molar-refractivity contribution < 1.29 is 13.2 Å². The number of methoxy groups -OCH3 is 1. The highest BCUT2D eigenvalue weighted by Gasteiger charge is 2.25. The third-order valence-electron chi connectivity index (χ3n) is 3.05. The lowest BCUT2D eigenvalue weighted by molar-refractivity contribution is 0.414. The van der Waals surface area contributed by atoms with Gasteiger partial charge in [0, 0.05) is 0 Å². The maximum atomic E-state index is 12.5. The van der Waals surface area contributed by atoms with Crippen molar-refractivity contribution in [3.05, 3.63) is 24.3 Å². The van der Waals surface area contributed by atoms with Crippen LogP contribution in [0.3, 0.4) is 0 Å². The van der Waals surface area contributed by atoms with Gasteiger partial charge in [0.25, 0.3) is 0 Å². The Labute approximate surface area is 110 Å². The summed E-state index contributed by atoms with van der Waals surface area (Å²) < 4.78 is 30.0. The summed E-state index contributed by atoms with van der Waals surface area (Å²) >= 11 is 0. The molecule has 0 fully saturated rings. The molecular formula is C14H22O3S. The van der Waals surface area contributed by atoms with E-state index in [0.717, 1.165) is 25.7 Å². The molecule has 0 radical (unpaired) electrons. The standard InChI is InChI=1S/C14H22O3S/c1-4-6-13(7-5-2)18(15,16)14-10-8-12(17-3)9-11-14/h8-11,13H,4-7H2,1-3H3. The van der Waals surface area contributed by atoms with Gasteiger partial charge >= 0.3 is 0 Å². The van der Waals surface area contributed by atoms with Crippen molar-refractivity contribution in [1.29, 1.82) is 0 Å². The zero-order valence-corrected chi connectivity index (χ0v) is 12.2. The average Bonchev–Trinajstić information content (AvgIpc) is 2.38. The van der Waals surface area contributed by atoms with Gasteiger partial charge in [-0.25, -0.2) is 8.42 Å². The molecule has 0 spiro atoms. The molecule has 0 aromatic heterocycles. The van der Waals surface area contributed by atoms with E-state index in [0.29, 0.717) is 10.6 Å². The van der Waals surface area contributed by atoms with Crippen molar-refractivity contribution in [2.75, 3.05) is 7.11 Å². The lowest BCUT2D eigenvalue weighted by atomic mass is 10.2. The first kappa shape index (κ1) is 15.0. The van der Waals surface area contributed by atoms with Crippen LogP contribution in [0.1, 0.15) is 39.5 Å². The first-order valence-corrected chi connectivity index (χ1v) is 7.98. The molecule has 1 aromatic carbocycles. The number of hydrogen-bond acceptors (Lipinski definition) is 3. The smallest absolute Gasteiger partial charge is 0.181 e. The Kier molecular flexibility index (Phi) is 5.66. The van der Waals surface area contributed by atoms with E-state index >= 15 is 0 Å². The molecule has 4 heteroatoms. The molecule has 18 heavy (non-hydrogen) atoms. The molecule has 0 heterocycles. The largest absolute Gasteiger partial charge is 0.497 e. The number of ether oxygens (including phenoxy) is 1. The zero-order valence-electron chi connectivity index (χ0n) is 11.3. The van der Waals surface area contributed by atoms with Crippen molar-refractivity contribution >= 4 is 9.84 Å². The lowest BCUT2D eigenvalue weighted by Crippen LogP contribution is -2.21. The first-order valence-electron chi connectivity index (χ1n) is 6.44. The molecular weight excluding hydrogens is 248 g/mol. The second kappa shape index (κ2) is 6.78. The summed E-state index contributed by atoms with van der Waals surface area (Å²) in [5, 5.41) is -0.263. The second-order valence-corrected chi connectivity index (χ2v) is 6.65. The number of rotatable bonds is 7. The highest BCUT2D eigenvalue weighted by molar-refractivity contribution is 7.92. The quantitative estimate of drug-likeness (QED) is 0.762. The monoisotopic (exact) mass is 270 g/mol. The number of benzene rings is 1. The van der Waals surface area contributed by atoms with E-state index in [1.54, 1.807) is 31.4 Å². The van der Waals surface area contributed by atoms with Crippen LogP contribution in [0.15, 0.2) is 29.2 Å². The minimum Gasteiger partial charge on any atom is -0.497 e. The summed E-state index contributed by atoms with van der Waals surface area (Å²) in [6.45, 7) is 4.04. The van der Waals surface area contributed by atoms with Gasteiger partial charge in [0.2, 0.25) is 0 Å². The van der Waals surface area contributed by atoms with Crippen LogP contribution >= 0.6 is 0 Å². The van der Waals surface area contributed by atoms with Gasteiger partial charge in [0.05, 0.1) is 17.3 Å². The Hall–Kier alpha value is -1.03. The molecule has 102 valence electrons. The molecule has 0 unspecified atom stereocenters. The van der Waals surface area contributed by atoms with E-state index in [1.807, 2.05) is 13.8 Å².